The van der Waals surface area contributed by atoms with Gasteiger partial charge in [0.2, 0.25) is 0 Å². The van der Waals surface area contributed by atoms with Gasteiger partial charge in [-0.2, -0.15) is 5.10 Å². The average molecular weight is 318 g/mol. The molecule has 3 N–H and O–H groups in total. The molecule has 0 radical (unpaired) electrons. The van der Waals surface area contributed by atoms with Crippen molar-refractivity contribution in [2.24, 2.45) is 0 Å². The molecule has 2 heterocycles. The van der Waals surface area contributed by atoms with E-state index in [-0.39, 0.29) is 18.2 Å². The third-order valence-electron chi connectivity index (χ3n) is 4.18. The Morgan fingerprint density at radius 3 is 2.61 bits per heavy atom. The molecule has 1 aliphatic heterocycles. The van der Waals surface area contributed by atoms with Gasteiger partial charge in [0, 0.05) is 5.92 Å². The van der Waals surface area contributed by atoms with Crippen LogP contribution in [0.1, 0.15) is 24.6 Å². The van der Waals surface area contributed by atoms with Gasteiger partial charge in [-0.25, -0.2) is 14.0 Å². The molecule has 0 unspecified atom stereocenters. The summed E-state index contributed by atoms with van der Waals surface area (Å²) in [7, 11) is 0. The fourth-order valence-electron chi connectivity index (χ4n) is 2.96. The first-order valence-electron chi connectivity index (χ1n) is 7.95. The molecule has 1 aromatic carbocycles. The lowest BCUT2D eigenvalue weighted by Crippen LogP contribution is -2.31. The van der Waals surface area contributed by atoms with E-state index in [1.807, 2.05) is 30.3 Å². The van der Waals surface area contributed by atoms with E-state index < -0.39 is 12.7 Å². The van der Waals surface area contributed by atoms with Crippen LogP contribution in [-0.4, -0.2) is 50.4 Å². The van der Waals surface area contributed by atoms with E-state index in [9.17, 15) is 9.90 Å². The minimum absolute atomic E-state index is 0.00681. The third-order valence-corrected chi connectivity index (χ3v) is 4.18. The summed E-state index contributed by atoms with van der Waals surface area (Å²) in [5, 5.41) is 26.4. The van der Waals surface area contributed by atoms with Gasteiger partial charge in [-0.1, -0.05) is 18.2 Å². The van der Waals surface area contributed by atoms with Crippen molar-refractivity contribution in [3.63, 3.8) is 0 Å². The van der Waals surface area contributed by atoms with Crippen LogP contribution in [0.3, 0.4) is 0 Å². The van der Waals surface area contributed by atoms with Crippen LogP contribution in [0.25, 0.3) is 5.69 Å². The highest BCUT2D eigenvalue weighted by Crippen LogP contribution is 2.24. The van der Waals surface area contributed by atoms with Crippen molar-refractivity contribution < 1.29 is 10.2 Å². The number of aromatic nitrogens is 3. The first-order chi connectivity index (χ1) is 11.2. The van der Waals surface area contributed by atoms with Crippen LogP contribution in [0.5, 0.6) is 0 Å². The molecule has 3 rings (SSSR count). The largest absolute Gasteiger partial charge is 0.394 e. The second-order valence-electron chi connectivity index (χ2n) is 5.85. The number of hydrogen-bond acceptors (Lipinski definition) is 5. The number of nitrogens with zero attached hydrogens (tertiary/aromatic N) is 3. The van der Waals surface area contributed by atoms with Crippen molar-refractivity contribution in [1.82, 2.24) is 19.7 Å². The second kappa shape index (κ2) is 7.08. The van der Waals surface area contributed by atoms with Crippen LogP contribution in [-0.2, 0) is 6.54 Å². The summed E-state index contributed by atoms with van der Waals surface area (Å²) in [5.74, 6) is 0.935. The van der Waals surface area contributed by atoms with E-state index >= 15 is 0 Å². The van der Waals surface area contributed by atoms with Gasteiger partial charge < -0.3 is 15.5 Å². The predicted octanol–water partition coefficient (Wildman–Crippen LogP) is -0.146. The van der Waals surface area contributed by atoms with Crippen LogP contribution < -0.4 is 11.0 Å². The molecule has 23 heavy (non-hydrogen) atoms. The molecule has 1 fully saturated rings. The monoisotopic (exact) mass is 318 g/mol. The van der Waals surface area contributed by atoms with Gasteiger partial charge in [-0.3, -0.25) is 0 Å². The Kier molecular flexibility index (Phi) is 4.90. The van der Waals surface area contributed by atoms with Gasteiger partial charge in [-0.05, 0) is 38.1 Å². The molecule has 7 heteroatoms. The van der Waals surface area contributed by atoms with E-state index in [2.05, 4.69) is 10.4 Å². The maximum absolute atomic E-state index is 12.7. The van der Waals surface area contributed by atoms with Crippen molar-refractivity contribution in [2.75, 3.05) is 19.7 Å². The van der Waals surface area contributed by atoms with Gasteiger partial charge >= 0.3 is 5.69 Å². The highest BCUT2D eigenvalue weighted by molar-refractivity contribution is 5.33. The van der Waals surface area contributed by atoms with Gasteiger partial charge in [0.15, 0.2) is 0 Å². The zero-order valence-corrected chi connectivity index (χ0v) is 12.9. The van der Waals surface area contributed by atoms with E-state index in [0.717, 1.165) is 37.4 Å². The number of nitrogens with one attached hydrogen (secondary N) is 1. The highest BCUT2D eigenvalue weighted by Gasteiger charge is 2.25. The predicted molar refractivity (Wildman–Crippen MR) is 85.8 cm³/mol. The quantitative estimate of drug-likeness (QED) is 0.713. The maximum atomic E-state index is 12.7. The number of aliphatic hydroxyl groups excluding tert-OH is 2. The molecule has 1 saturated heterocycles. The Bertz CT molecular complexity index is 689. The smallest absolute Gasteiger partial charge is 0.350 e. The number of benzene rings is 1. The Morgan fingerprint density at radius 2 is 1.96 bits per heavy atom. The van der Waals surface area contributed by atoms with Crippen molar-refractivity contribution in [3.8, 4) is 5.69 Å². The number of para-hydroxylation sites is 1. The summed E-state index contributed by atoms with van der Waals surface area (Å²) in [6.45, 7) is 1.40. The standard InChI is InChI=1S/C16H22N4O3/c21-11-14(22)10-19-16(23)20(13-4-2-1-3-5-13)15(18-19)12-6-8-17-9-7-12/h1-5,12,14,17,21-22H,6-11H2/t14-/m0/s1. The molecule has 0 aliphatic carbocycles. The van der Waals surface area contributed by atoms with Gasteiger partial charge in [0.05, 0.1) is 24.9 Å². The lowest BCUT2D eigenvalue weighted by atomic mass is 9.97. The molecule has 1 aromatic heterocycles. The fourth-order valence-corrected chi connectivity index (χ4v) is 2.96. The molecular weight excluding hydrogens is 296 g/mol. The SMILES string of the molecule is O=c1n(C[C@H](O)CO)nc(C2CCNCC2)n1-c1ccccc1. The van der Waals surface area contributed by atoms with E-state index in [1.165, 1.54) is 4.68 Å². The third kappa shape index (κ3) is 3.36. The molecule has 0 saturated carbocycles. The van der Waals surface area contributed by atoms with Crippen LogP contribution in [0.4, 0.5) is 0 Å². The zero-order valence-electron chi connectivity index (χ0n) is 12.9. The van der Waals surface area contributed by atoms with Crippen LogP contribution in [0, 0.1) is 0 Å². The van der Waals surface area contributed by atoms with Gasteiger partial charge in [-0.15, -0.1) is 0 Å². The van der Waals surface area contributed by atoms with Crippen LogP contribution >= 0.6 is 0 Å². The molecule has 0 amide bonds. The second-order valence-corrected chi connectivity index (χ2v) is 5.85. The maximum Gasteiger partial charge on any atom is 0.350 e. The number of rotatable bonds is 5. The van der Waals surface area contributed by atoms with Crippen LogP contribution in [0.2, 0.25) is 0 Å². The number of aliphatic hydroxyl groups is 2. The van der Waals surface area contributed by atoms with Gasteiger partial charge in [0.25, 0.3) is 0 Å². The van der Waals surface area contributed by atoms with E-state index in [4.69, 9.17) is 5.11 Å². The molecule has 0 spiro atoms. The van der Waals surface area contributed by atoms with E-state index in [1.54, 1.807) is 4.57 Å². The Morgan fingerprint density at radius 1 is 1.26 bits per heavy atom. The number of hydrogen-bond donors (Lipinski definition) is 3. The zero-order chi connectivity index (χ0) is 16.2. The number of piperidine rings is 1. The molecule has 1 atom stereocenters. The Balaban J connectivity index is 2.05. The lowest BCUT2D eigenvalue weighted by Gasteiger charge is -2.22. The van der Waals surface area contributed by atoms with E-state index in [0.29, 0.717) is 0 Å². The average Bonchev–Trinajstić information content (AvgIpc) is 2.93. The fraction of sp³-hybridized carbons (Fsp3) is 0.500. The Hall–Kier alpha value is -1.96. The summed E-state index contributed by atoms with van der Waals surface area (Å²) in [6.07, 6.45) is 0.852. The van der Waals surface area contributed by atoms with Gasteiger partial charge in [0.1, 0.15) is 5.82 Å². The summed E-state index contributed by atoms with van der Waals surface area (Å²) in [5.41, 5.74) is 0.494. The molecule has 1 aliphatic rings. The minimum atomic E-state index is -0.993. The lowest BCUT2D eigenvalue weighted by molar-refractivity contribution is 0.0771. The Labute approximate surface area is 134 Å². The molecule has 2 aromatic rings. The summed E-state index contributed by atoms with van der Waals surface area (Å²) >= 11 is 0. The molecular formula is C16H22N4O3. The first-order valence-corrected chi connectivity index (χ1v) is 7.95. The summed E-state index contributed by atoms with van der Waals surface area (Å²) in [6, 6.07) is 9.42. The van der Waals surface area contributed by atoms with Crippen molar-refractivity contribution >= 4 is 0 Å². The molecule has 0 bridgehead atoms. The highest BCUT2D eigenvalue weighted by atomic mass is 16.3. The van der Waals surface area contributed by atoms with Crippen molar-refractivity contribution in [1.29, 1.82) is 0 Å². The van der Waals surface area contributed by atoms with Crippen molar-refractivity contribution in [3.05, 3.63) is 46.6 Å². The van der Waals surface area contributed by atoms with Crippen molar-refractivity contribution in [2.45, 2.75) is 31.4 Å². The summed E-state index contributed by atoms with van der Waals surface area (Å²) < 4.78 is 2.88. The first kappa shape index (κ1) is 15.9. The summed E-state index contributed by atoms with van der Waals surface area (Å²) in [4.78, 5) is 12.7. The normalized spacial score (nSPS) is 17.3. The topological polar surface area (TPSA) is 92.3 Å². The van der Waals surface area contributed by atoms with Crippen LogP contribution in [0.15, 0.2) is 35.1 Å². The molecule has 7 nitrogen and oxygen atoms in total. The molecule has 124 valence electrons. The minimum Gasteiger partial charge on any atom is -0.394 e.